The maximum Gasteiger partial charge on any atom is 0.259 e. The number of nitrogens with zero attached hydrogens (tertiary/aromatic N) is 3. The van der Waals surface area contributed by atoms with Gasteiger partial charge in [0, 0.05) is 18.0 Å². The minimum atomic E-state index is 0.310. The summed E-state index contributed by atoms with van der Waals surface area (Å²) in [5, 5.41) is 4.12. The second-order valence-corrected chi connectivity index (χ2v) is 8.30. The van der Waals surface area contributed by atoms with Crippen LogP contribution in [0.5, 0.6) is 0 Å². The quantitative estimate of drug-likeness (QED) is 0.500. The van der Waals surface area contributed by atoms with Crippen LogP contribution in [0.3, 0.4) is 0 Å². The van der Waals surface area contributed by atoms with E-state index in [1.165, 1.54) is 23.1 Å². The molecule has 0 bridgehead atoms. The number of aromatic nitrogens is 3. The van der Waals surface area contributed by atoms with Gasteiger partial charge in [0.05, 0.1) is 5.56 Å². The molecule has 1 aliphatic rings. The molecule has 0 unspecified atom stereocenters. The van der Waals surface area contributed by atoms with Crippen LogP contribution in [0.15, 0.2) is 70.0 Å². The normalized spacial score (nSPS) is 17.7. The van der Waals surface area contributed by atoms with Crippen LogP contribution in [0.1, 0.15) is 52.5 Å². The van der Waals surface area contributed by atoms with Crippen molar-refractivity contribution in [1.29, 1.82) is 0 Å². The number of hydrogen-bond donors (Lipinski definition) is 0. The van der Waals surface area contributed by atoms with Crippen molar-refractivity contribution >= 4 is 6.08 Å². The van der Waals surface area contributed by atoms with Crippen LogP contribution in [0.25, 0.3) is 28.9 Å². The molecule has 0 saturated heterocycles. The third-order valence-corrected chi connectivity index (χ3v) is 5.97. The van der Waals surface area contributed by atoms with Gasteiger partial charge in [-0.05, 0) is 60.4 Å². The first-order valence-corrected chi connectivity index (χ1v) is 10.2. The zero-order chi connectivity index (χ0) is 20.4. The van der Waals surface area contributed by atoms with Gasteiger partial charge in [0.2, 0.25) is 5.82 Å². The van der Waals surface area contributed by atoms with Gasteiger partial charge in [0.1, 0.15) is 0 Å². The van der Waals surface area contributed by atoms with Crippen molar-refractivity contribution in [3.05, 3.63) is 71.1 Å². The zero-order valence-corrected chi connectivity index (χ0v) is 17.6. The smallest absolute Gasteiger partial charge is 0.259 e. The molecule has 4 nitrogen and oxygen atoms in total. The number of rotatable bonds is 4. The Hall–Kier alpha value is -3.01. The predicted octanol–water partition coefficient (Wildman–Crippen LogP) is 6.73. The fraction of sp³-hybridized carbons (Fsp3) is 0.320. The van der Waals surface area contributed by atoms with Crippen LogP contribution in [0, 0.1) is 5.41 Å². The second kappa shape index (κ2) is 7.78. The first-order chi connectivity index (χ1) is 14.0. The van der Waals surface area contributed by atoms with Crippen molar-refractivity contribution in [2.24, 2.45) is 5.41 Å². The van der Waals surface area contributed by atoms with Crippen LogP contribution in [0.4, 0.5) is 0 Å². The van der Waals surface area contributed by atoms with Gasteiger partial charge < -0.3 is 4.52 Å². The molecule has 0 amide bonds. The predicted molar refractivity (Wildman–Crippen MR) is 117 cm³/mol. The molecule has 0 aliphatic heterocycles. The lowest BCUT2D eigenvalue weighted by atomic mass is 9.70. The summed E-state index contributed by atoms with van der Waals surface area (Å²) >= 11 is 0. The molecule has 29 heavy (non-hydrogen) atoms. The van der Waals surface area contributed by atoms with Crippen LogP contribution in [-0.2, 0) is 0 Å². The van der Waals surface area contributed by atoms with E-state index in [0.717, 1.165) is 24.0 Å². The van der Waals surface area contributed by atoms with Crippen molar-refractivity contribution in [3.8, 4) is 22.8 Å². The summed E-state index contributed by atoms with van der Waals surface area (Å²) in [4.78, 5) is 8.60. The highest BCUT2D eigenvalue weighted by molar-refractivity contribution is 5.65. The molecule has 0 atom stereocenters. The summed E-state index contributed by atoms with van der Waals surface area (Å²) < 4.78 is 5.40. The molecule has 0 spiro atoms. The average molecular weight is 386 g/mol. The van der Waals surface area contributed by atoms with E-state index in [2.05, 4.69) is 73.2 Å². The van der Waals surface area contributed by atoms with Gasteiger partial charge in [-0.3, -0.25) is 4.98 Å². The molecule has 0 fully saturated rings. The van der Waals surface area contributed by atoms with Crippen molar-refractivity contribution in [1.82, 2.24) is 15.1 Å². The largest absolute Gasteiger partial charge is 0.334 e. The minimum Gasteiger partial charge on any atom is -0.334 e. The van der Waals surface area contributed by atoms with Crippen molar-refractivity contribution in [2.45, 2.75) is 47.0 Å². The Kier molecular flexibility index (Phi) is 5.18. The average Bonchev–Trinajstić information content (AvgIpc) is 3.22. The summed E-state index contributed by atoms with van der Waals surface area (Å²) in [5.41, 5.74) is 7.78. The molecule has 0 N–H and O–H groups in total. The SMILES string of the molecule is CCC1=C(C)/C(=C/c2ccc(-c3noc(-c4cccnc4)n3)cc2)CCC1(C)C. The fourth-order valence-corrected chi connectivity index (χ4v) is 4.29. The standard InChI is InChI=1S/C25H27N3O/c1-5-22-17(2)20(12-13-25(22,3)4)15-18-8-10-19(11-9-18)23-27-24(29-28-23)21-7-6-14-26-16-21/h6-11,14-16H,5,12-13H2,1-4H3/b20-15+. The molecule has 1 aliphatic carbocycles. The van der Waals surface area contributed by atoms with E-state index in [1.54, 1.807) is 18.0 Å². The molecule has 4 rings (SSSR count). The summed E-state index contributed by atoms with van der Waals surface area (Å²) in [6.07, 6.45) is 9.22. The van der Waals surface area contributed by atoms with Gasteiger partial charge in [-0.2, -0.15) is 4.98 Å². The topological polar surface area (TPSA) is 51.8 Å². The second-order valence-electron chi connectivity index (χ2n) is 8.30. The van der Waals surface area contributed by atoms with Gasteiger partial charge in [-0.1, -0.05) is 61.8 Å². The molecular formula is C25H27N3O. The van der Waals surface area contributed by atoms with Crippen LogP contribution < -0.4 is 0 Å². The summed E-state index contributed by atoms with van der Waals surface area (Å²) in [5.74, 6) is 1.07. The molecule has 0 saturated carbocycles. The van der Waals surface area contributed by atoms with Crippen molar-refractivity contribution in [2.75, 3.05) is 0 Å². The van der Waals surface area contributed by atoms with Gasteiger partial charge in [0.25, 0.3) is 5.89 Å². The lowest BCUT2D eigenvalue weighted by molar-refractivity contribution is 0.381. The van der Waals surface area contributed by atoms with E-state index < -0.39 is 0 Å². The Labute approximate surface area is 172 Å². The van der Waals surface area contributed by atoms with Crippen LogP contribution in [-0.4, -0.2) is 15.1 Å². The Morgan fingerprint density at radius 3 is 2.59 bits per heavy atom. The van der Waals surface area contributed by atoms with Crippen molar-refractivity contribution in [3.63, 3.8) is 0 Å². The highest BCUT2D eigenvalue weighted by Crippen LogP contribution is 2.44. The fourth-order valence-electron chi connectivity index (χ4n) is 4.29. The highest BCUT2D eigenvalue weighted by atomic mass is 16.5. The summed E-state index contributed by atoms with van der Waals surface area (Å²) in [6, 6.07) is 12.1. The Bertz CT molecular complexity index is 1060. The third kappa shape index (κ3) is 3.93. The number of benzene rings is 1. The van der Waals surface area contributed by atoms with Gasteiger partial charge in [-0.25, -0.2) is 0 Å². The Balaban J connectivity index is 1.58. The lowest BCUT2D eigenvalue weighted by Crippen LogP contribution is -2.21. The molecule has 0 radical (unpaired) electrons. The van der Waals surface area contributed by atoms with E-state index in [0.29, 0.717) is 17.1 Å². The molecule has 1 aromatic carbocycles. The number of allylic oxidation sites excluding steroid dienone is 3. The zero-order valence-electron chi connectivity index (χ0n) is 17.6. The molecule has 2 aromatic heterocycles. The van der Waals surface area contributed by atoms with Gasteiger partial charge >= 0.3 is 0 Å². The van der Waals surface area contributed by atoms with E-state index in [9.17, 15) is 0 Å². The molecular weight excluding hydrogens is 358 g/mol. The first-order valence-electron chi connectivity index (χ1n) is 10.2. The van der Waals surface area contributed by atoms with E-state index in [1.807, 2.05) is 12.1 Å². The first kappa shape index (κ1) is 19.3. The van der Waals surface area contributed by atoms with Gasteiger partial charge in [0.15, 0.2) is 0 Å². The minimum absolute atomic E-state index is 0.310. The highest BCUT2D eigenvalue weighted by Gasteiger charge is 2.29. The van der Waals surface area contributed by atoms with E-state index in [4.69, 9.17) is 4.52 Å². The Morgan fingerprint density at radius 2 is 1.90 bits per heavy atom. The maximum atomic E-state index is 5.40. The summed E-state index contributed by atoms with van der Waals surface area (Å²) in [6.45, 7) is 9.28. The van der Waals surface area contributed by atoms with Crippen LogP contribution in [0.2, 0.25) is 0 Å². The Morgan fingerprint density at radius 1 is 1.10 bits per heavy atom. The molecule has 148 valence electrons. The number of pyridine rings is 1. The van der Waals surface area contributed by atoms with E-state index >= 15 is 0 Å². The molecule has 4 heteroatoms. The van der Waals surface area contributed by atoms with Crippen molar-refractivity contribution < 1.29 is 4.52 Å². The molecule has 2 heterocycles. The number of hydrogen-bond acceptors (Lipinski definition) is 4. The van der Waals surface area contributed by atoms with Crippen LogP contribution >= 0.6 is 0 Å². The maximum absolute atomic E-state index is 5.40. The van der Waals surface area contributed by atoms with E-state index in [-0.39, 0.29) is 0 Å². The lowest BCUT2D eigenvalue weighted by Gasteiger charge is -2.35. The monoisotopic (exact) mass is 385 g/mol. The van der Waals surface area contributed by atoms with Gasteiger partial charge in [-0.15, -0.1) is 0 Å². The summed E-state index contributed by atoms with van der Waals surface area (Å²) in [7, 11) is 0. The molecule has 3 aromatic rings. The third-order valence-electron chi connectivity index (χ3n) is 5.97.